The van der Waals surface area contributed by atoms with Crippen LogP contribution in [-0.4, -0.2) is 39.2 Å². The van der Waals surface area contributed by atoms with E-state index >= 15 is 0 Å². The highest BCUT2D eigenvalue weighted by molar-refractivity contribution is 9.10. The number of thioether (sulfide) groups is 1. The first-order valence-corrected chi connectivity index (χ1v) is 13.7. The number of nitrogens with one attached hydrogen (secondary N) is 1. The molecule has 0 saturated carbocycles. The van der Waals surface area contributed by atoms with E-state index in [1.165, 1.54) is 11.8 Å². The molecule has 2 aromatic heterocycles. The first kappa shape index (κ1) is 23.5. The number of nitrogens with zero attached hydrogens (tertiary/aromatic N) is 3. The molecule has 1 N–H and O–H groups in total. The van der Waals surface area contributed by atoms with Crippen molar-refractivity contribution in [2.24, 2.45) is 0 Å². The van der Waals surface area contributed by atoms with E-state index in [1.807, 2.05) is 42.7 Å². The van der Waals surface area contributed by atoms with Gasteiger partial charge in [0.25, 0.3) is 5.56 Å². The predicted octanol–water partition coefficient (Wildman–Crippen LogP) is 6.61. The van der Waals surface area contributed by atoms with Gasteiger partial charge in [-0.15, -0.1) is 0 Å². The second-order valence-electron chi connectivity index (χ2n) is 8.12. The lowest BCUT2D eigenvalue weighted by Gasteiger charge is -2.31. The van der Waals surface area contributed by atoms with Crippen LogP contribution in [0, 0.1) is 0 Å². The van der Waals surface area contributed by atoms with Crippen LogP contribution in [0.25, 0.3) is 33.8 Å². The molecule has 1 aliphatic heterocycles. The Kier molecular flexibility index (Phi) is 6.75. The predicted molar refractivity (Wildman–Crippen MR) is 148 cm³/mol. The molecule has 0 fully saturated rings. The molecular weight excluding hydrogens is 576 g/mol. The van der Waals surface area contributed by atoms with Crippen LogP contribution in [0.5, 0.6) is 0 Å². The number of likely N-dealkylation sites (N-methyl/N-ethyl adjacent to an activating group) is 1. The Bertz CT molecular complexity index is 1460. The summed E-state index contributed by atoms with van der Waals surface area (Å²) in [6, 6.07) is 16.4. The monoisotopic (exact) mass is 596 g/mol. The van der Waals surface area contributed by atoms with Gasteiger partial charge in [0, 0.05) is 33.2 Å². The van der Waals surface area contributed by atoms with Crippen molar-refractivity contribution >= 4 is 66.3 Å². The Hall–Kier alpha value is -2.26. The molecule has 3 heterocycles. The van der Waals surface area contributed by atoms with Gasteiger partial charge in [-0.05, 0) is 59.8 Å². The van der Waals surface area contributed by atoms with E-state index in [0.29, 0.717) is 16.2 Å². The van der Waals surface area contributed by atoms with Crippen LogP contribution in [0.1, 0.15) is 23.7 Å². The summed E-state index contributed by atoms with van der Waals surface area (Å²) in [6.07, 6.45) is 4.09. The zero-order valence-corrected chi connectivity index (χ0v) is 22.7. The molecule has 0 aliphatic carbocycles. The molecule has 0 radical (unpaired) electrons. The van der Waals surface area contributed by atoms with Crippen LogP contribution >= 0.6 is 43.6 Å². The summed E-state index contributed by atoms with van der Waals surface area (Å²) in [5, 5.41) is 1.11. The quantitative estimate of drug-likeness (QED) is 0.212. The van der Waals surface area contributed by atoms with Gasteiger partial charge in [-0.3, -0.25) is 9.69 Å². The number of hydrogen-bond acceptors (Lipinski definition) is 5. The molecule has 2 aromatic carbocycles. The van der Waals surface area contributed by atoms with E-state index in [4.69, 9.17) is 9.97 Å². The molecular formula is C26H22Br2N4OS. The van der Waals surface area contributed by atoms with Crippen molar-refractivity contribution in [3.63, 3.8) is 0 Å². The summed E-state index contributed by atoms with van der Waals surface area (Å²) in [5.41, 5.74) is 6.44. The number of benzene rings is 2. The number of pyridine rings is 1. The average Bonchev–Trinajstić information content (AvgIpc) is 2.84. The van der Waals surface area contributed by atoms with Crippen LogP contribution in [0.3, 0.4) is 0 Å². The molecule has 34 heavy (non-hydrogen) atoms. The topological polar surface area (TPSA) is 61.9 Å². The Morgan fingerprint density at radius 3 is 2.35 bits per heavy atom. The van der Waals surface area contributed by atoms with Crippen molar-refractivity contribution in [3.8, 4) is 11.1 Å². The molecule has 5 nitrogen and oxygen atoms in total. The second-order valence-corrected chi connectivity index (χ2v) is 10.7. The zero-order valence-electron chi connectivity index (χ0n) is 18.7. The van der Waals surface area contributed by atoms with E-state index < -0.39 is 0 Å². The van der Waals surface area contributed by atoms with Crippen LogP contribution in [0.2, 0.25) is 0 Å². The smallest absolute Gasteiger partial charge is 0.261 e. The normalized spacial score (nSPS) is 15.1. The van der Waals surface area contributed by atoms with Gasteiger partial charge in [-0.25, -0.2) is 9.97 Å². The zero-order chi connectivity index (χ0) is 23.8. The van der Waals surface area contributed by atoms with Crippen molar-refractivity contribution < 1.29 is 0 Å². The Labute approximate surface area is 219 Å². The standard InChI is InChI=1S/C26H22Br2N4OS/c1-3-32-13-17(12-15-4-8-18(27)9-5-15)23-20(14-32)21(16-6-10-19(28)11-7-16)22-24(29-23)30-26(34-2)31-25(22)33/h4-12H,3,13-14H2,1-2H3,(H,29,30,31,33)/b17-12+. The highest BCUT2D eigenvalue weighted by Crippen LogP contribution is 2.38. The molecule has 4 aromatic rings. The van der Waals surface area contributed by atoms with E-state index in [2.05, 4.69) is 66.9 Å². The molecule has 0 bridgehead atoms. The van der Waals surface area contributed by atoms with Crippen LogP contribution in [-0.2, 0) is 6.54 Å². The Morgan fingerprint density at radius 2 is 1.71 bits per heavy atom. The maximum Gasteiger partial charge on any atom is 0.261 e. The van der Waals surface area contributed by atoms with Crippen LogP contribution in [0.15, 0.2) is 67.4 Å². The van der Waals surface area contributed by atoms with Crippen LogP contribution < -0.4 is 5.56 Å². The lowest BCUT2D eigenvalue weighted by atomic mass is 9.89. The van der Waals surface area contributed by atoms with Crippen LogP contribution in [0.4, 0.5) is 0 Å². The highest BCUT2D eigenvalue weighted by Gasteiger charge is 2.27. The number of H-pyrrole nitrogens is 1. The molecule has 172 valence electrons. The number of rotatable bonds is 4. The van der Waals surface area contributed by atoms with Gasteiger partial charge in [0.1, 0.15) is 0 Å². The number of aromatic amines is 1. The molecule has 0 atom stereocenters. The fourth-order valence-corrected chi connectivity index (χ4v) is 5.24. The number of aromatic nitrogens is 3. The fourth-order valence-electron chi connectivity index (χ4n) is 4.33. The summed E-state index contributed by atoms with van der Waals surface area (Å²) in [4.78, 5) is 28.3. The number of fused-ring (bicyclic) bond motifs is 2. The van der Waals surface area contributed by atoms with Crippen molar-refractivity contribution in [3.05, 3.63) is 84.7 Å². The summed E-state index contributed by atoms with van der Waals surface area (Å²) in [5.74, 6) is 0. The second kappa shape index (κ2) is 9.77. The van der Waals surface area contributed by atoms with Gasteiger partial charge in [0.15, 0.2) is 10.8 Å². The van der Waals surface area contributed by atoms with Crippen molar-refractivity contribution in [1.82, 2.24) is 19.9 Å². The Balaban J connectivity index is 1.85. The Morgan fingerprint density at radius 1 is 1.03 bits per heavy atom. The van der Waals surface area contributed by atoms with E-state index in [9.17, 15) is 4.79 Å². The van der Waals surface area contributed by atoms with Gasteiger partial charge < -0.3 is 4.98 Å². The minimum Gasteiger partial charge on any atom is -0.301 e. The number of hydrogen-bond donors (Lipinski definition) is 1. The molecule has 1 aliphatic rings. The summed E-state index contributed by atoms with van der Waals surface area (Å²) in [7, 11) is 0. The van der Waals surface area contributed by atoms with Gasteiger partial charge in [0.05, 0.1) is 11.1 Å². The number of halogens is 2. The lowest BCUT2D eigenvalue weighted by molar-refractivity contribution is 0.307. The molecule has 5 rings (SSSR count). The van der Waals surface area contributed by atoms with Gasteiger partial charge in [-0.2, -0.15) is 0 Å². The van der Waals surface area contributed by atoms with E-state index in [1.54, 1.807) is 0 Å². The average molecular weight is 598 g/mol. The fraction of sp³-hybridized carbons (Fsp3) is 0.192. The minimum absolute atomic E-state index is 0.158. The van der Waals surface area contributed by atoms with Crippen molar-refractivity contribution in [2.75, 3.05) is 19.3 Å². The minimum atomic E-state index is -0.158. The SMILES string of the molecule is CCN1C/C(=C\c2ccc(Br)cc2)c2nc3nc(SC)[nH]c(=O)c3c(-c3ccc(Br)cc3)c2C1. The summed E-state index contributed by atoms with van der Waals surface area (Å²) in [6.45, 7) is 4.57. The first-order chi connectivity index (χ1) is 16.5. The third-order valence-corrected chi connectivity index (χ3v) is 7.64. The lowest BCUT2D eigenvalue weighted by Crippen LogP contribution is -2.31. The van der Waals surface area contributed by atoms with Gasteiger partial charge in [-0.1, -0.05) is 74.8 Å². The van der Waals surface area contributed by atoms with Crippen molar-refractivity contribution in [1.29, 1.82) is 0 Å². The van der Waals surface area contributed by atoms with E-state index in [0.717, 1.165) is 62.1 Å². The third-order valence-electron chi connectivity index (χ3n) is 6.00. The summed E-state index contributed by atoms with van der Waals surface area (Å²) >= 11 is 8.46. The summed E-state index contributed by atoms with van der Waals surface area (Å²) < 4.78 is 2.04. The molecule has 0 spiro atoms. The molecule has 0 amide bonds. The molecule has 0 saturated heterocycles. The highest BCUT2D eigenvalue weighted by atomic mass is 79.9. The third kappa shape index (κ3) is 4.52. The van der Waals surface area contributed by atoms with Gasteiger partial charge in [0.2, 0.25) is 0 Å². The van der Waals surface area contributed by atoms with Crippen molar-refractivity contribution in [2.45, 2.75) is 18.6 Å². The van der Waals surface area contributed by atoms with E-state index in [-0.39, 0.29) is 5.56 Å². The molecule has 0 unspecified atom stereocenters. The maximum absolute atomic E-state index is 13.3. The van der Waals surface area contributed by atoms with Gasteiger partial charge >= 0.3 is 0 Å². The maximum atomic E-state index is 13.3. The largest absolute Gasteiger partial charge is 0.301 e. The molecule has 8 heteroatoms. The first-order valence-electron chi connectivity index (χ1n) is 10.9.